The Morgan fingerprint density at radius 3 is 2.89 bits per heavy atom. The summed E-state index contributed by atoms with van der Waals surface area (Å²) >= 11 is 3.61. The Morgan fingerprint density at radius 1 is 1.42 bits per heavy atom. The van der Waals surface area contributed by atoms with Gasteiger partial charge in [0.1, 0.15) is 0 Å². The molecule has 0 saturated carbocycles. The number of benzene rings is 1. The van der Waals surface area contributed by atoms with E-state index in [1.165, 1.54) is 41.7 Å². The number of halogens is 1. The van der Waals surface area contributed by atoms with Crippen LogP contribution in [-0.4, -0.2) is 19.1 Å². The highest BCUT2D eigenvalue weighted by Gasteiger charge is 2.19. The summed E-state index contributed by atoms with van der Waals surface area (Å²) in [5.74, 6) is 0.804. The zero-order chi connectivity index (χ0) is 13.8. The predicted octanol–water partition coefficient (Wildman–Crippen LogP) is 4.18. The van der Waals surface area contributed by atoms with Crippen LogP contribution in [0.1, 0.15) is 39.2 Å². The largest absolute Gasteiger partial charge is 0.371 e. The minimum atomic E-state index is 0.525. The van der Waals surface area contributed by atoms with Crippen molar-refractivity contribution >= 4 is 21.6 Å². The fourth-order valence-corrected chi connectivity index (χ4v) is 3.05. The van der Waals surface area contributed by atoms with Gasteiger partial charge >= 0.3 is 0 Å². The third-order valence-corrected chi connectivity index (χ3v) is 4.24. The zero-order valence-corrected chi connectivity index (χ0v) is 13.8. The second kappa shape index (κ2) is 6.76. The molecule has 1 heterocycles. The molecule has 19 heavy (non-hydrogen) atoms. The summed E-state index contributed by atoms with van der Waals surface area (Å²) in [5.41, 5.74) is 2.81. The molecule has 2 nitrogen and oxygen atoms in total. The van der Waals surface area contributed by atoms with Gasteiger partial charge in [-0.3, -0.25) is 0 Å². The van der Waals surface area contributed by atoms with Crippen molar-refractivity contribution in [3.8, 4) is 0 Å². The summed E-state index contributed by atoms with van der Waals surface area (Å²) in [7, 11) is 0. The molecule has 0 aromatic heterocycles. The van der Waals surface area contributed by atoms with Gasteiger partial charge in [-0.1, -0.05) is 42.8 Å². The Kier molecular flexibility index (Phi) is 5.28. The summed E-state index contributed by atoms with van der Waals surface area (Å²) in [4.78, 5) is 2.55. The van der Waals surface area contributed by atoms with Crippen molar-refractivity contribution in [1.82, 2.24) is 5.32 Å². The summed E-state index contributed by atoms with van der Waals surface area (Å²) in [6.45, 7) is 10.1. The van der Waals surface area contributed by atoms with Gasteiger partial charge in [0.05, 0.1) is 0 Å². The second-order valence-electron chi connectivity index (χ2n) is 6.00. The average Bonchev–Trinajstić information content (AvgIpc) is 2.37. The fourth-order valence-electron chi connectivity index (χ4n) is 2.70. The molecule has 1 N–H and O–H groups in total. The van der Waals surface area contributed by atoms with Crippen LogP contribution in [-0.2, 0) is 6.54 Å². The van der Waals surface area contributed by atoms with Gasteiger partial charge < -0.3 is 10.2 Å². The van der Waals surface area contributed by atoms with E-state index in [1.54, 1.807) is 0 Å². The topological polar surface area (TPSA) is 15.3 Å². The van der Waals surface area contributed by atoms with Crippen molar-refractivity contribution < 1.29 is 0 Å². The van der Waals surface area contributed by atoms with Crippen LogP contribution in [0.2, 0.25) is 0 Å². The summed E-state index contributed by atoms with van der Waals surface area (Å²) in [5, 5.41) is 3.53. The number of anilines is 1. The van der Waals surface area contributed by atoms with Crippen LogP contribution in [0.15, 0.2) is 22.7 Å². The van der Waals surface area contributed by atoms with Crippen molar-refractivity contribution in [2.45, 2.75) is 46.2 Å². The lowest BCUT2D eigenvalue weighted by Crippen LogP contribution is -2.35. The number of piperidine rings is 1. The molecule has 0 radical (unpaired) electrons. The Labute approximate surface area is 125 Å². The monoisotopic (exact) mass is 324 g/mol. The molecule has 1 aromatic rings. The van der Waals surface area contributed by atoms with Crippen molar-refractivity contribution in [3.05, 3.63) is 28.2 Å². The van der Waals surface area contributed by atoms with Gasteiger partial charge in [0, 0.05) is 35.8 Å². The first-order valence-electron chi connectivity index (χ1n) is 7.33. The fraction of sp³-hybridized carbons (Fsp3) is 0.625. The van der Waals surface area contributed by atoms with E-state index in [0.29, 0.717) is 6.04 Å². The Balaban J connectivity index is 2.18. The van der Waals surface area contributed by atoms with E-state index in [-0.39, 0.29) is 0 Å². The van der Waals surface area contributed by atoms with E-state index in [9.17, 15) is 0 Å². The molecule has 2 rings (SSSR count). The van der Waals surface area contributed by atoms with Crippen LogP contribution in [0, 0.1) is 5.92 Å². The van der Waals surface area contributed by atoms with Gasteiger partial charge in [-0.2, -0.15) is 0 Å². The highest BCUT2D eigenvalue weighted by atomic mass is 79.9. The molecule has 1 atom stereocenters. The molecule has 1 aliphatic heterocycles. The van der Waals surface area contributed by atoms with E-state index in [0.717, 1.165) is 12.5 Å². The first-order chi connectivity index (χ1) is 9.06. The van der Waals surface area contributed by atoms with Crippen molar-refractivity contribution in [2.75, 3.05) is 18.0 Å². The van der Waals surface area contributed by atoms with E-state index >= 15 is 0 Å². The molecule has 106 valence electrons. The van der Waals surface area contributed by atoms with Gasteiger partial charge in [-0.05, 0) is 36.5 Å². The first kappa shape index (κ1) is 14.9. The first-order valence-corrected chi connectivity index (χ1v) is 8.12. The molecule has 0 aliphatic carbocycles. The quantitative estimate of drug-likeness (QED) is 0.893. The number of rotatable bonds is 4. The molecule has 0 bridgehead atoms. The summed E-state index contributed by atoms with van der Waals surface area (Å²) in [6.07, 6.45) is 2.68. The maximum absolute atomic E-state index is 3.61. The van der Waals surface area contributed by atoms with Gasteiger partial charge in [0.2, 0.25) is 0 Å². The minimum absolute atomic E-state index is 0.525. The molecule has 1 unspecified atom stereocenters. The van der Waals surface area contributed by atoms with Gasteiger partial charge in [0.25, 0.3) is 0 Å². The molecule has 0 spiro atoms. The highest BCUT2D eigenvalue weighted by Crippen LogP contribution is 2.29. The molecule has 1 saturated heterocycles. The lowest BCUT2D eigenvalue weighted by molar-refractivity contribution is 0.445. The van der Waals surface area contributed by atoms with Crippen molar-refractivity contribution in [2.24, 2.45) is 5.92 Å². The summed E-state index contributed by atoms with van der Waals surface area (Å²) in [6, 6.07) is 7.19. The molecule has 3 heteroatoms. The Morgan fingerprint density at radius 2 is 2.21 bits per heavy atom. The normalized spacial score (nSPS) is 20.1. The molecular weight excluding hydrogens is 300 g/mol. The minimum Gasteiger partial charge on any atom is -0.371 e. The van der Waals surface area contributed by atoms with Crippen LogP contribution >= 0.6 is 15.9 Å². The number of nitrogens with zero attached hydrogens (tertiary/aromatic N) is 1. The van der Waals surface area contributed by atoms with Gasteiger partial charge in [-0.25, -0.2) is 0 Å². The molecule has 0 amide bonds. The molecular formula is C16H25BrN2. The third-order valence-electron chi connectivity index (χ3n) is 3.75. The maximum Gasteiger partial charge on any atom is 0.0423 e. The maximum atomic E-state index is 3.61. The SMILES string of the molecule is CC1CCCN(c2cc(Br)ccc2CNC(C)C)C1. The van der Waals surface area contributed by atoms with Crippen LogP contribution in [0.3, 0.4) is 0 Å². The van der Waals surface area contributed by atoms with E-state index in [2.05, 4.69) is 65.1 Å². The molecule has 1 fully saturated rings. The zero-order valence-electron chi connectivity index (χ0n) is 12.2. The second-order valence-corrected chi connectivity index (χ2v) is 6.92. The Bertz CT molecular complexity index is 417. The standard InChI is InChI=1S/C16H25BrN2/c1-12(2)18-10-14-6-7-15(17)9-16(14)19-8-4-5-13(3)11-19/h6-7,9,12-13,18H,4-5,8,10-11H2,1-3H3. The Hall–Kier alpha value is -0.540. The van der Waals surface area contributed by atoms with Crippen LogP contribution in [0.25, 0.3) is 0 Å². The summed E-state index contributed by atoms with van der Waals surface area (Å²) < 4.78 is 1.18. The molecule has 1 aliphatic rings. The number of nitrogens with one attached hydrogen (secondary N) is 1. The van der Waals surface area contributed by atoms with Crippen LogP contribution in [0.5, 0.6) is 0 Å². The lowest BCUT2D eigenvalue weighted by atomic mass is 9.99. The van der Waals surface area contributed by atoms with Crippen LogP contribution in [0.4, 0.5) is 5.69 Å². The van der Waals surface area contributed by atoms with E-state index in [1.807, 2.05) is 0 Å². The van der Waals surface area contributed by atoms with Crippen molar-refractivity contribution in [1.29, 1.82) is 0 Å². The van der Waals surface area contributed by atoms with Gasteiger partial charge in [0.15, 0.2) is 0 Å². The lowest BCUT2D eigenvalue weighted by Gasteiger charge is -2.34. The smallest absolute Gasteiger partial charge is 0.0423 e. The number of hydrogen-bond donors (Lipinski definition) is 1. The predicted molar refractivity (Wildman–Crippen MR) is 86.7 cm³/mol. The van der Waals surface area contributed by atoms with E-state index in [4.69, 9.17) is 0 Å². The molecule has 1 aromatic carbocycles. The third kappa shape index (κ3) is 4.22. The van der Waals surface area contributed by atoms with Crippen molar-refractivity contribution in [3.63, 3.8) is 0 Å². The van der Waals surface area contributed by atoms with E-state index < -0.39 is 0 Å². The average molecular weight is 325 g/mol. The number of hydrogen-bond acceptors (Lipinski definition) is 2. The van der Waals surface area contributed by atoms with Gasteiger partial charge in [-0.15, -0.1) is 0 Å². The highest BCUT2D eigenvalue weighted by molar-refractivity contribution is 9.10. The van der Waals surface area contributed by atoms with Crippen LogP contribution < -0.4 is 10.2 Å².